The van der Waals surface area contributed by atoms with Crippen molar-refractivity contribution in [1.29, 1.82) is 0 Å². The van der Waals surface area contributed by atoms with Crippen LogP contribution in [0.4, 0.5) is 0 Å². The molecule has 1 atom stereocenters. The Kier molecular flexibility index (Phi) is 4.12. The number of benzene rings is 1. The SMILES string of the molecule is CCNC1CC(C)(C)Oc2cc(OCCC3CC3)ccc21. The first-order chi connectivity index (χ1) is 10.1. The van der Waals surface area contributed by atoms with Gasteiger partial charge in [0.15, 0.2) is 0 Å². The monoisotopic (exact) mass is 289 g/mol. The Hall–Kier alpha value is -1.22. The summed E-state index contributed by atoms with van der Waals surface area (Å²) in [6, 6.07) is 6.67. The van der Waals surface area contributed by atoms with Crippen LogP contribution in [0.2, 0.25) is 0 Å². The van der Waals surface area contributed by atoms with E-state index in [0.717, 1.165) is 37.0 Å². The Morgan fingerprint density at radius 3 is 2.86 bits per heavy atom. The Balaban J connectivity index is 1.72. The Morgan fingerprint density at radius 2 is 2.14 bits per heavy atom. The van der Waals surface area contributed by atoms with Crippen molar-refractivity contribution in [2.75, 3.05) is 13.2 Å². The average Bonchev–Trinajstić information content (AvgIpc) is 3.21. The smallest absolute Gasteiger partial charge is 0.128 e. The molecule has 1 N–H and O–H groups in total. The van der Waals surface area contributed by atoms with E-state index in [-0.39, 0.29) is 5.60 Å². The molecule has 0 radical (unpaired) electrons. The molecule has 0 saturated heterocycles. The third-order valence-electron chi connectivity index (χ3n) is 4.38. The summed E-state index contributed by atoms with van der Waals surface area (Å²) < 4.78 is 12.0. The van der Waals surface area contributed by atoms with Gasteiger partial charge in [-0.25, -0.2) is 0 Å². The van der Waals surface area contributed by atoms with E-state index < -0.39 is 0 Å². The number of rotatable bonds is 6. The van der Waals surface area contributed by atoms with Gasteiger partial charge in [-0.3, -0.25) is 0 Å². The molecule has 116 valence electrons. The molecule has 3 heteroatoms. The van der Waals surface area contributed by atoms with Gasteiger partial charge in [0, 0.05) is 24.1 Å². The largest absolute Gasteiger partial charge is 0.493 e. The van der Waals surface area contributed by atoms with Crippen LogP contribution in [-0.2, 0) is 0 Å². The van der Waals surface area contributed by atoms with Crippen LogP contribution < -0.4 is 14.8 Å². The van der Waals surface area contributed by atoms with E-state index >= 15 is 0 Å². The minimum atomic E-state index is -0.132. The molecule has 0 bridgehead atoms. The maximum atomic E-state index is 6.16. The van der Waals surface area contributed by atoms with Gasteiger partial charge >= 0.3 is 0 Å². The zero-order chi connectivity index (χ0) is 14.9. The Morgan fingerprint density at radius 1 is 1.33 bits per heavy atom. The van der Waals surface area contributed by atoms with Crippen molar-refractivity contribution in [2.45, 2.75) is 58.1 Å². The van der Waals surface area contributed by atoms with E-state index in [0.29, 0.717) is 6.04 Å². The van der Waals surface area contributed by atoms with Crippen molar-refractivity contribution < 1.29 is 9.47 Å². The molecular formula is C18H27NO2. The first-order valence-electron chi connectivity index (χ1n) is 8.26. The van der Waals surface area contributed by atoms with Crippen LogP contribution in [0.5, 0.6) is 11.5 Å². The van der Waals surface area contributed by atoms with Gasteiger partial charge in [0.1, 0.15) is 17.1 Å². The molecule has 1 unspecified atom stereocenters. The molecule has 1 aromatic rings. The van der Waals surface area contributed by atoms with Gasteiger partial charge in [-0.2, -0.15) is 0 Å². The number of hydrogen-bond acceptors (Lipinski definition) is 3. The lowest BCUT2D eigenvalue weighted by molar-refractivity contribution is 0.0660. The van der Waals surface area contributed by atoms with Gasteiger partial charge in [0.25, 0.3) is 0 Å². The third kappa shape index (κ3) is 3.70. The number of fused-ring (bicyclic) bond motifs is 1. The lowest BCUT2D eigenvalue weighted by atomic mass is 9.89. The highest BCUT2D eigenvalue weighted by atomic mass is 16.5. The second-order valence-corrected chi connectivity index (χ2v) is 6.96. The van der Waals surface area contributed by atoms with Crippen molar-refractivity contribution in [3.05, 3.63) is 23.8 Å². The summed E-state index contributed by atoms with van der Waals surface area (Å²) in [6.07, 6.45) is 4.95. The highest BCUT2D eigenvalue weighted by molar-refractivity contribution is 5.44. The predicted octanol–water partition coefficient (Wildman–Crippen LogP) is 4.08. The Bertz CT molecular complexity index is 494. The summed E-state index contributed by atoms with van der Waals surface area (Å²) in [5.74, 6) is 2.82. The molecule has 1 fully saturated rings. The molecule has 0 spiro atoms. The molecule has 2 aliphatic rings. The molecule has 3 rings (SSSR count). The van der Waals surface area contributed by atoms with Crippen LogP contribution in [0.15, 0.2) is 18.2 Å². The van der Waals surface area contributed by atoms with E-state index in [1.54, 1.807) is 0 Å². The van der Waals surface area contributed by atoms with Crippen molar-refractivity contribution in [3.63, 3.8) is 0 Å². The van der Waals surface area contributed by atoms with Crippen molar-refractivity contribution >= 4 is 0 Å². The van der Waals surface area contributed by atoms with Crippen molar-refractivity contribution in [1.82, 2.24) is 5.32 Å². The molecule has 1 saturated carbocycles. The lowest BCUT2D eigenvalue weighted by Crippen LogP contribution is -2.39. The predicted molar refractivity (Wildman–Crippen MR) is 85.0 cm³/mol. The van der Waals surface area contributed by atoms with Gasteiger partial charge in [-0.1, -0.05) is 25.8 Å². The minimum absolute atomic E-state index is 0.132. The fourth-order valence-electron chi connectivity index (χ4n) is 3.10. The number of nitrogens with one attached hydrogen (secondary N) is 1. The van der Waals surface area contributed by atoms with E-state index in [9.17, 15) is 0 Å². The fraction of sp³-hybridized carbons (Fsp3) is 0.667. The summed E-state index contributed by atoms with van der Waals surface area (Å²) in [5, 5.41) is 3.56. The van der Waals surface area contributed by atoms with E-state index in [1.165, 1.54) is 24.8 Å². The molecule has 1 aliphatic heterocycles. The normalized spacial score (nSPS) is 23.3. The quantitative estimate of drug-likeness (QED) is 0.856. The van der Waals surface area contributed by atoms with Crippen LogP contribution in [0.3, 0.4) is 0 Å². The van der Waals surface area contributed by atoms with E-state index in [4.69, 9.17) is 9.47 Å². The number of hydrogen-bond donors (Lipinski definition) is 1. The molecule has 0 aromatic heterocycles. The average molecular weight is 289 g/mol. The Labute approximate surface area is 128 Å². The van der Waals surface area contributed by atoms with Crippen LogP contribution in [0.1, 0.15) is 58.1 Å². The van der Waals surface area contributed by atoms with Gasteiger partial charge in [-0.05, 0) is 38.8 Å². The van der Waals surface area contributed by atoms with Gasteiger partial charge in [-0.15, -0.1) is 0 Å². The molecular weight excluding hydrogens is 262 g/mol. The fourth-order valence-corrected chi connectivity index (χ4v) is 3.10. The first-order valence-corrected chi connectivity index (χ1v) is 8.26. The topological polar surface area (TPSA) is 30.5 Å². The van der Waals surface area contributed by atoms with Crippen LogP contribution in [0.25, 0.3) is 0 Å². The minimum Gasteiger partial charge on any atom is -0.493 e. The zero-order valence-corrected chi connectivity index (χ0v) is 13.4. The van der Waals surface area contributed by atoms with Crippen LogP contribution in [-0.4, -0.2) is 18.8 Å². The summed E-state index contributed by atoms with van der Waals surface area (Å²) >= 11 is 0. The molecule has 1 heterocycles. The summed E-state index contributed by atoms with van der Waals surface area (Å²) in [7, 11) is 0. The first kappa shape index (κ1) is 14.7. The maximum absolute atomic E-state index is 6.16. The molecule has 21 heavy (non-hydrogen) atoms. The second-order valence-electron chi connectivity index (χ2n) is 6.96. The number of ether oxygens (including phenoxy) is 2. The molecule has 3 nitrogen and oxygen atoms in total. The second kappa shape index (κ2) is 5.88. The highest BCUT2D eigenvalue weighted by Crippen LogP contribution is 2.41. The van der Waals surface area contributed by atoms with Crippen molar-refractivity contribution in [3.8, 4) is 11.5 Å². The summed E-state index contributed by atoms with van der Waals surface area (Å²) in [5.41, 5.74) is 1.12. The van der Waals surface area contributed by atoms with Gasteiger partial charge < -0.3 is 14.8 Å². The molecule has 1 aromatic carbocycles. The summed E-state index contributed by atoms with van der Waals surface area (Å²) in [6.45, 7) is 8.25. The molecule has 0 amide bonds. The van der Waals surface area contributed by atoms with E-state index in [1.807, 2.05) is 0 Å². The maximum Gasteiger partial charge on any atom is 0.128 e. The standard InChI is InChI=1S/C18H27NO2/c1-4-19-16-12-18(2,3)21-17-11-14(7-8-15(16)17)20-10-9-13-5-6-13/h7-8,11,13,16,19H,4-6,9-10,12H2,1-3H3. The molecule has 1 aliphatic carbocycles. The third-order valence-corrected chi connectivity index (χ3v) is 4.38. The van der Waals surface area contributed by atoms with Crippen LogP contribution in [0, 0.1) is 5.92 Å². The van der Waals surface area contributed by atoms with Crippen molar-refractivity contribution in [2.24, 2.45) is 5.92 Å². The lowest BCUT2D eigenvalue weighted by Gasteiger charge is -2.38. The van der Waals surface area contributed by atoms with Gasteiger partial charge in [0.05, 0.1) is 6.61 Å². The van der Waals surface area contributed by atoms with Gasteiger partial charge in [0.2, 0.25) is 0 Å². The van der Waals surface area contributed by atoms with E-state index in [2.05, 4.69) is 44.3 Å². The highest BCUT2D eigenvalue weighted by Gasteiger charge is 2.33. The zero-order valence-electron chi connectivity index (χ0n) is 13.4. The van der Waals surface area contributed by atoms with Crippen LogP contribution >= 0.6 is 0 Å². The summed E-state index contributed by atoms with van der Waals surface area (Å²) in [4.78, 5) is 0.